The maximum atomic E-state index is 8.95. The van der Waals surface area contributed by atoms with Gasteiger partial charge in [-0.15, -0.1) is 48.1 Å². The summed E-state index contributed by atoms with van der Waals surface area (Å²) >= 11 is 0. The van der Waals surface area contributed by atoms with E-state index in [1.807, 2.05) is 95.3 Å². The first-order valence-corrected chi connectivity index (χ1v) is 21.3. The minimum atomic E-state index is -3.02. The zero-order valence-corrected chi connectivity index (χ0v) is 37.4. The number of fused-ring (bicyclic) bond motifs is 10. The summed E-state index contributed by atoms with van der Waals surface area (Å²) in [4.78, 5) is 12.8. The molecule has 1 aliphatic heterocycles. The molecule has 0 spiro atoms. The van der Waals surface area contributed by atoms with Gasteiger partial charge in [0, 0.05) is 125 Å². The molecule has 0 saturated carbocycles. The maximum absolute atomic E-state index is 8.95. The first-order valence-electron chi connectivity index (χ1n) is 27.3. The van der Waals surface area contributed by atoms with E-state index < -0.39 is 33.1 Å². The molecule has 0 saturated heterocycles. The SMILES string of the molecule is [2H]C([2H])([2H])n1c2ccccc2c2cc3c4ccccc4n(C([2H])([2H])[2H])c3c(N3[CH-]N(c4[c-]c(Oc5[c-]c6c(cc5)c5ccncc5n6-c5cc(C(c6ccccc6)(C([2H])([2H])[2H])C([2H])([2H])[2H])ccn5)ccc4)c4ccccc43)c21.[Pt]. The van der Waals surface area contributed by atoms with E-state index in [1.165, 1.54) is 39.6 Å². The number of aryl methyl sites for hydroxylation is 2. The number of ether oxygens (including phenoxy) is 1. The van der Waals surface area contributed by atoms with E-state index in [4.69, 9.17) is 21.2 Å². The topological polar surface area (TPSA) is 56.3 Å². The van der Waals surface area contributed by atoms with Crippen molar-refractivity contribution in [2.45, 2.75) is 19.1 Å². The van der Waals surface area contributed by atoms with Crippen LogP contribution in [0.4, 0.5) is 22.7 Å². The molecule has 12 aromatic rings. The van der Waals surface area contributed by atoms with E-state index in [-0.39, 0.29) is 43.8 Å². The van der Waals surface area contributed by atoms with Crippen molar-refractivity contribution in [3.8, 4) is 17.3 Å². The van der Waals surface area contributed by atoms with E-state index in [0.717, 1.165) is 10.8 Å². The van der Waals surface area contributed by atoms with Gasteiger partial charge >= 0.3 is 0 Å². The number of nitrogens with zero attached hydrogens (tertiary/aromatic N) is 7. The number of aromatic nitrogens is 5. The van der Waals surface area contributed by atoms with Crippen LogP contribution in [0.1, 0.15) is 41.3 Å². The van der Waals surface area contributed by atoms with E-state index in [9.17, 15) is 0 Å². The predicted octanol–water partition coefficient (Wildman–Crippen LogP) is 14.0. The molecule has 0 N–H and O–H groups in total. The molecule has 7 aromatic carbocycles. The van der Waals surface area contributed by atoms with Gasteiger partial charge in [-0.25, -0.2) is 4.98 Å². The van der Waals surface area contributed by atoms with Crippen molar-refractivity contribution >= 4 is 88.2 Å². The van der Waals surface area contributed by atoms with Gasteiger partial charge in [0.2, 0.25) is 0 Å². The van der Waals surface area contributed by atoms with Gasteiger partial charge in [0.05, 0.1) is 28.4 Å². The van der Waals surface area contributed by atoms with E-state index in [0.29, 0.717) is 83.1 Å². The Labute approximate surface area is 419 Å². The second-order valence-corrected chi connectivity index (χ2v) is 16.4. The van der Waals surface area contributed by atoms with Crippen molar-refractivity contribution in [2.75, 3.05) is 9.80 Å². The molecule has 5 aromatic heterocycles. The summed E-state index contributed by atoms with van der Waals surface area (Å²) in [6.07, 6.45) is 4.72. The van der Waals surface area contributed by atoms with Crippen molar-refractivity contribution in [2.24, 2.45) is 14.0 Å². The fourth-order valence-corrected chi connectivity index (χ4v) is 9.71. The molecule has 0 aliphatic carbocycles. The van der Waals surface area contributed by atoms with Crippen LogP contribution in [0.5, 0.6) is 11.5 Å². The Bertz CT molecular complexity index is 4270. The first kappa shape index (κ1) is 29.8. The van der Waals surface area contributed by atoms with Crippen LogP contribution in [0.25, 0.3) is 71.2 Å². The Morgan fingerprint density at radius 1 is 0.567 bits per heavy atom. The monoisotopic (exact) mass is 1060 g/mol. The molecule has 67 heavy (non-hydrogen) atoms. The van der Waals surface area contributed by atoms with Crippen LogP contribution < -0.4 is 14.5 Å². The van der Waals surface area contributed by atoms with Gasteiger partial charge < -0.3 is 28.2 Å². The first-order chi connectivity index (χ1) is 37.3. The number of benzene rings is 7. The van der Waals surface area contributed by atoms with Crippen LogP contribution in [0.3, 0.4) is 0 Å². The summed E-state index contributed by atoms with van der Waals surface area (Å²) in [5.41, 5.74) is 2.64. The summed E-state index contributed by atoms with van der Waals surface area (Å²) in [6, 6.07) is 52.7. The quantitative estimate of drug-likeness (QED) is 0.149. The Balaban J connectivity index is 0.00000623. The van der Waals surface area contributed by atoms with Crippen molar-refractivity contribution in [1.82, 2.24) is 23.7 Å². The van der Waals surface area contributed by atoms with Gasteiger partial charge in [-0.1, -0.05) is 98.1 Å². The zero-order chi connectivity index (χ0) is 54.3. The van der Waals surface area contributed by atoms with Gasteiger partial charge in [0.25, 0.3) is 0 Å². The molecular weight excluding hydrogens is 1010 g/mol. The molecule has 0 amide bonds. The maximum Gasteiger partial charge on any atom is 0.135 e. The molecule has 6 heterocycles. The average Bonchev–Trinajstić information content (AvgIpc) is 4.02. The minimum Gasteiger partial charge on any atom is -0.509 e. The zero-order valence-electron chi connectivity index (χ0n) is 47.2. The Morgan fingerprint density at radius 2 is 1.24 bits per heavy atom. The second kappa shape index (κ2) is 15.5. The number of rotatable bonds is 7. The van der Waals surface area contributed by atoms with Crippen LogP contribution >= 0.6 is 0 Å². The van der Waals surface area contributed by atoms with E-state index in [1.54, 1.807) is 71.6 Å². The van der Waals surface area contributed by atoms with Gasteiger partial charge in [0.15, 0.2) is 0 Å². The van der Waals surface area contributed by atoms with Crippen molar-refractivity contribution in [1.29, 1.82) is 0 Å². The summed E-state index contributed by atoms with van der Waals surface area (Å²) in [7, 11) is 0. The fourth-order valence-electron chi connectivity index (χ4n) is 9.71. The molecule has 0 unspecified atom stereocenters. The van der Waals surface area contributed by atoms with Gasteiger partial charge in [-0.2, -0.15) is 12.1 Å². The Kier molecular flexibility index (Phi) is 6.87. The van der Waals surface area contributed by atoms with Gasteiger partial charge in [-0.05, 0) is 65.0 Å². The summed E-state index contributed by atoms with van der Waals surface area (Å²) in [5.74, 6) is 0.814. The number of anilines is 4. The van der Waals surface area contributed by atoms with Crippen LogP contribution in [0, 0.1) is 18.8 Å². The molecule has 9 heteroatoms. The molecule has 0 radical (unpaired) electrons. The Morgan fingerprint density at radius 3 is 1.97 bits per heavy atom. The van der Waals surface area contributed by atoms with E-state index in [2.05, 4.69) is 22.1 Å². The van der Waals surface area contributed by atoms with Crippen LogP contribution in [0.2, 0.25) is 0 Å². The third kappa shape index (κ3) is 6.16. The van der Waals surface area contributed by atoms with Crippen molar-refractivity contribution < 1.29 is 42.3 Å². The summed E-state index contributed by atoms with van der Waals surface area (Å²) < 4.78 is 117. The average molecular weight is 1060 g/mol. The van der Waals surface area contributed by atoms with Crippen LogP contribution in [-0.2, 0) is 40.4 Å². The van der Waals surface area contributed by atoms with Gasteiger partial charge in [0.1, 0.15) is 5.82 Å². The smallest absolute Gasteiger partial charge is 0.135 e. The standard InChI is InChI=1S/C58H42N7O.Pt/c1-58(2,37-15-6-5-7-16-37)38-27-30-60-54(31-38)65-52-33-41(25-26-44(52)45-28-29-59-35-53(45)65)66-40-18-14-17-39(32-40)63-36-64(51-24-13-12-23-50(51)63)57-55-46(42-19-8-10-21-48(42)61(55)3)34-47-43-20-9-11-22-49(43)62(4)56(47)57;/h5-31,34-36H,1-4H3;/q-3;/i1D3,2D3,3D3,4D3;. The summed E-state index contributed by atoms with van der Waals surface area (Å²) in [5, 5.41) is 4.20. The number of pyridine rings is 2. The largest absolute Gasteiger partial charge is 0.509 e. The molecule has 0 bridgehead atoms. The Hall–Kier alpha value is -7.67. The third-order valence-electron chi connectivity index (χ3n) is 12.7. The molecule has 328 valence electrons. The fraction of sp³-hybridized carbons (Fsp3) is 0.0862. The summed E-state index contributed by atoms with van der Waals surface area (Å²) in [6.45, 7) is -9.59. The van der Waals surface area contributed by atoms with E-state index >= 15 is 0 Å². The molecular formula is C58H42N7OPt-3. The predicted molar refractivity (Wildman–Crippen MR) is 269 cm³/mol. The second-order valence-electron chi connectivity index (χ2n) is 16.4. The van der Waals surface area contributed by atoms with Crippen LogP contribution in [-0.4, -0.2) is 23.7 Å². The molecule has 0 atom stereocenters. The van der Waals surface area contributed by atoms with Crippen LogP contribution in [0.15, 0.2) is 176 Å². The number of hydrogen-bond acceptors (Lipinski definition) is 5. The molecule has 8 nitrogen and oxygen atoms in total. The number of para-hydroxylation sites is 4. The third-order valence-corrected chi connectivity index (χ3v) is 12.7. The minimum absolute atomic E-state index is 0. The number of hydrogen-bond donors (Lipinski definition) is 0. The molecule has 13 rings (SSSR count). The molecule has 1 aliphatic rings. The van der Waals surface area contributed by atoms with Crippen molar-refractivity contribution in [3.05, 3.63) is 206 Å². The normalized spacial score (nSPS) is 16.2. The van der Waals surface area contributed by atoms with Gasteiger partial charge in [-0.3, -0.25) is 4.98 Å². The molecule has 0 fully saturated rings. The van der Waals surface area contributed by atoms with Crippen molar-refractivity contribution in [3.63, 3.8) is 0 Å².